The normalized spacial score (nSPS) is 22.8. The van der Waals surface area contributed by atoms with Crippen LogP contribution in [0.4, 0.5) is 5.82 Å². The Morgan fingerprint density at radius 2 is 1.77 bits per heavy atom. The predicted molar refractivity (Wildman–Crippen MR) is 128 cm³/mol. The van der Waals surface area contributed by atoms with E-state index in [2.05, 4.69) is 39.0 Å². The third kappa shape index (κ3) is 4.85. The van der Waals surface area contributed by atoms with Crippen molar-refractivity contribution in [1.29, 1.82) is 0 Å². The van der Waals surface area contributed by atoms with Crippen LogP contribution in [0.15, 0.2) is 42.6 Å². The van der Waals surface area contributed by atoms with Crippen LogP contribution in [0, 0.1) is 11.8 Å². The van der Waals surface area contributed by atoms with E-state index in [1.165, 1.54) is 54.6 Å². The van der Waals surface area contributed by atoms with Crippen LogP contribution in [0.5, 0.6) is 0 Å². The number of hydrogen-bond acceptors (Lipinski definition) is 5. The maximum Gasteiger partial charge on any atom is 0.179 e. The van der Waals surface area contributed by atoms with Crippen LogP contribution in [0.3, 0.4) is 0 Å². The molecule has 2 fully saturated rings. The minimum atomic E-state index is 0.277. The van der Waals surface area contributed by atoms with Gasteiger partial charge in [-0.15, -0.1) is 0 Å². The Morgan fingerprint density at radius 1 is 1.00 bits per heavy atom. The van der Waals surface area contributed by atoms with Crippen LogP contribution in [0.25, 0.3) is 10.1 Å². The number of carbonyl (C=O) groups is 1. The Hall–Kier alpha value is -2.18. The fraction of sp³-hybridized carbons (Fsp3) is 0.520. The number of aromatic nitrogens is 2. The summed E-state index contributed by atoms with van der Waals surface area (Å²) in [5.41, 5.74) is 0.770. The molecule has 0 atom stereocenters. The number of piperazine rings is 1. The topological polar surface area (TPSA) is 52.2 Å². The second-order valence-electron chi connectivity index (χ2n) is 9.22. The third-order valence-corrected chi connectivity index (χ3v) is 8.04. The Balaban J connectivity index is 1.03. The molecule has 164 valence electrons. The second-order valence-corrected chi connectivity index (χ2v) is 10.0. The number of ketones is 1. The Morgan fingerprint density at radius 3 is 2.55 bits per heavy atom. The van der Waals surface area contributed by atoms with Crippen molar-refractivity contribution in [3.63, 3.8) is 0 Å². The van der Waals surface area contributed by atoms with Crippen molar-refractivity contribution in [1.82, 2.24) is 14.3 Å². The summed E-state index contributed by atoms with van der Waals surface area (Å²) < 4.78 is 6.01. The highest BCUT2D eigenvalue weighted by Crippen LogP contribution is 2.34. The molecule has 1 saturated carbocycles. The molecule has 2 aromatic heterocycles. The van der Waals surface area contributed by atoms with Gasteiger partial charge in [-0.05, 0) is 73.4 Å². The largest absolute Gasteiger partial charge is 0.359 e. The quantitative estimate of drug-likeness (QED) is 0.516. The van der Waals surface area contributed by atoms with E-state index in [0.717, 1.165) is 37.8 Å². The molecule has 0 spiro atoms. The lowest BCUT2D eigenvalue weighted by Gasteiger charge is -2.36. The van der Waals surface area contributed by atoms with Crippen molar-refractivity contribution >= 4 is 33.2 Å². The lowest BCUT2D eigenvalue weighted by Crippen LogP contribution is -2.47. The fourth-order valence-electron chi connectivity index (χ4n) is 5.25. The van der Waals surface area contributed by atoms with E-state index >= 15 is 0 Å². The van der Waals surface area contributed by atoms with Gasteiger partial charge >= 0.3 is 0 Å². The summed E-state index contributed by atoms with van der Waals surface area (Å²) in [6.07, 6.45) is 8.84. The van der Waals surface area contributed by atoms with Crippen LogP contribution in [-0.2, 0) is 0 Å². The fourth-order valence-corrected chi connectivity index (χ4v) is 6.05. The van der Waals surface area contributed by atoms with Crippen molar-refractivity contribution in [3.05, 3.63) is 48.3 Å². The second kappa shape index (κ2) is 9.53. The zero-order valence-electron chi connectivity index (χ0n) is 18.1. The molecule has 1 aliphatic heterocycles. The maximum absolute atomic E-state index is 12.3. The summed E-state index contributed by atoms with van der Waals surface area (Å²) in [6, 6.07) is 12.4. The average molecular weight is 437 g/mol. The number of hydrogen-bond donors (Lipinski definition) is 1. The number of H-pyrrole nitrogens is 1. The number of Topliss-reactive ketones (excluding diaryl/α,β-unsaturated/α-hetero) is 1. The van der Waals surface area contributed by atoms with E-state index in [1.54, 1.807) is 11.5 Å². The number of nitrogens with zero attached hydrogens (tertiary/aromatic N) is 3. The average Bonchev–Trinajstić information content (AvgIpc) is 3.49. The minimum Gasteiger partial charge on any atom is -0.359 e. The molecule has 0 radical (unpaired) electrons. The molecule has 0 amide bonds. The van der Waals surface area contributed by atoms with E-state index in [-0.39, 0.29) is 5.78 Å². The van der Waals surface area contributed by atoms with Crippen LogP contribution < -0.4 is 4.90 Å². The highest BCUT2D eigenvalue weighted by Gasteiger charge is 2.25. The smallest absolute Gasteiger partial charge is 0.179 e. The lowest BCUT2D eigenvalue weighted by atomic mass is 9.78. The molecule has 0 unspecified atom stereocenters. The van der Waals surface area contributed by atoms with Gasteiger partial charge in [-0.1, -0.05) is 25.0 Å². The zero-order chi connectivity index (χ0) is 21.0. The van der Waals surface area contributed by atoms with E-state index in [0.29, 0.717) is 12.3 Å². The molecule has 1 aromatic carbocycles. The van der Waals surface area contributed by atoms with Gasteiger partial charge < -0.3 is 9.88 Å². The summed E-state index contributed by atoms with van der Waals surface area (Å²) in [6.45, 7) is 5.61. The van der Waals surface area contributed by atoms with Gasteiger partial charge in [0.15, 0.2) is 5.78 Å². The van der Waals surface area contributed by atoms with Gasteiger partial charge in [0.05, 0.1) is 10.4 Å². The Kier molecular flexibility index (Phi) is 6.37. The van der Waals surface area contributed by atoms with Gasteiger partial charge in [0, 0.05) is 44.2 Å². The monoisotopic (exact) mass is 436 g/mol. The molecular weight excluding hydrogens is 404 g/mol. The van der Waals surface area contributed by atoms with Crippen molar-refractivity contribution in [3.8, 4) is 0 Å². The highest BCUT2D eigenvalue weighted by atomic mass is 32.1. The number of anilines is 1. The molecule has 1 N–H and O–H groups in total. The molecule has 3 heterocycles. The Labute approximate surface area is 188 Å². The number of nitrogens with one attached hydrogen (secondary N) is 1. The molecule has 6 heteroatoms. The molecular formula is C25H32N4OS. The molecule has 1 aliphatic carbocycles. The van der Waals surface area contributed by atoms with Gasteiger partial charge in [-0.3, -0.25) is 9.69 Å². The number of aromatic amines is 1. The van der Waals surface area contributed by atoms with Gasteiger partial charge in [-0.25, -0.2) is 0 Å². The summed E-state index contributed by atoms with van der Waals surface area (Å²) in [5, 5.41) is 1.30. The van der Waals surface area contributed by atoms with Crippen LogP contribution in [0.2, 0.25) is 0 Å². The molecule has 2 aliphatic rings. The first-order chi connectivity index (χ1) is 15.3. The van der Waals surface area contributed by atoms with Crippen LogP contribution in [0.1, 0.15) is 49.0 Å². The Bertz CT molecular complexity index is 982. The van der Waals surface area contributed by atoms with Crippen molar-refractivity contribution in [2.45, 2.75) is 38.5 Å². The number of benzene rings is 1. The van der Waals surface area contributed by atoms with Gasteiger partial charge in [-0.2, -0.15) is 4.37 Å². The molecule has 0 bridgehead atoms. The maximum atomic E-state index is 12.3. The number of rotatable bonds is 7. The predicted octanol–water partition coefficient (Wildman–Crippen LogP) is 5.22. The summed E-state index contributed by atoms with van der Waals surface area (Å²) in [4.78, 5) is 20.5. The van der Waals surface area contributed by atoms with E-state index in [9.17, 15) is 4.79 Å². The molecule has 3 aromatic rings. The first-order valence-corrected chi connectivity index (χ1v) is 12.5. The lowest BCUT2D eigenvalue weighted by molar-refractivity contribution is 0.0935. The zero-order valence-corrected chi connectivity index (χ0v) is 18.9. The number of carbonyl (C=O) groups excluding carboxylic acids is 1. The van der Waals surface area contributed by atoms with Gasteiger partial charge in [0.2, 0.25) is 0 Å². The van der Waals surface area contributed by atoms with Crippen molar-refractivity contribution in [2.75, 3.05) is 37.6 Å². The summed E-state index contributed by atoms with van der Waals surface area (Å²) >= 11 is 1.61. The standard InChI is InChI=1S/C25H32N4OS/c30-23(22-5-3-12-26-22)18-20-9-7-19(8-10-20)11-13-28-14-16-29(17-15-28)25-21-4-1-2-6-24(21)31-27-25/h1-6,12,19-20,26H,7-11,13-18H2. The first kappa shape index (κ1) is 20.7. The minimum absolute atomic E-state index is 0.277. The third-order valence-electron chi connectivity index (χ3n) is 7.22. The first-order valence-electron chi connectivity index (χ1n) is 11.7. The van der Waals surface area contributed by atoms with Crippen LogP contribution >= 0.6 is 11.5 Å². The van der Waals surface area contributed by atoms with E-state index in [1.807, 2.05) is 18.3 Å². The van der Waals surface area contributed by atoms with Gasteiger partial charge in [0.1, 0.15) is 5.82 Å². The van der Waals surface area contributed by atoms with Crippen molar-refractivity contribution in [2.24, 2.45) is 11.8 Å². The summed E-state index contributed by atoms with van der Waals surface area (Å²) in [7, 11) is 0. The van der Waals surface area contributed by atoms with Crippen LogP contribution in [-0.4, -0.2) is 52.8 Å². The molecule has 5 rings (SSSR count). The highest BCUT2D eigenvalue weighted by molar-refractivity contribution is 7.13. The van der Waals surface area contributed by atoms with Crippen molar-refractivity contribution < 1.29 is 4.79 Å². The number of fused-ring (bicyclic) bond motifs is 1. The van der Waals surface area contributed by atoms with E-state index < -0.39 is 0 Å². The molecule has 31 heavy (non-hydrogen) atoms. The van der Waals surface area contributed by atoms with Gasteiger partial charge in [0.25, 0.3) is 0 Å². The molecule has 5 nitrogen and oxygen atoms in total. The van der Waals surface area contributed by atoms with E-state index in [4.69, 9.17) is 4.37 Å². The SMILES string of the molecule is O=C(CC1CCC(CCN2CCN(c3nsc4ccccc34)CC2)CC1)c1ccc[nH]1. The summed E-state index contributed by atoms with van der Waals surface area (Å²) in [5.74, 6) is 2.85. The molecule has 1 saturated heterocycles.